The summed E-state index contributed by atoms with van der Waals surface area (Å²) in [5.74, 6) is -0.285. The molecule has 2 heterocycles. The van der Waals surface area contributed by atoms with E-state index in [1.165, 1.54) is 12.5 Å². The fraction of sp³-hybridized carbons (Fsp3) is 0. The van der Waals surface area contributed by atoms with E-state index in [9.17, 15) is 10.1 Å². The normalized spacial score (nSPS) is 11.3. The first-order chi connectivity index (χ1) is 13.6. The Morgan fingerprint density at radius 2 is 2.14 bits per heavy atom. The number of nitrogens with zero attached hydrogens (tertiary/aromatic N) is 4. The lowest BCUT2D eigenvalue weighted by molar-refractivity contribution is -0.129. The first-order valence-corrected chi connectivity index (χ1v) is 8.46. The van der Waals surface area contributed by atoms with Crippen molar-refractivity contribution in [3.05, 3.63) is 65.3 Å². The van der Waals surface area contributed by atoms with Crippen molar-refractivity contribution < 1.29 is 13.9 Å². The van der Waals surface area contributed by atoms with E-state index in [2.05, 4.69) is 15.2 Å². The third-order valence-electron chi connectivity index (χ3n) is 3.82. The molecule has 0 aliphatic rings. The number of esters is 1. The number of aromatic nitrogens is 4. The Hall–Kier alpha value is -4.03. The number of aromatic amines is 1. The summed E-state index contributed by atoms with van der Waals surface area (Å²) in [6, 6.07) is 15.8. The molecule has 0 aliphatic heterocycles. The smallest absolute Gasteiger partial charge is 0.355 e. The maximum absolute atomic E-state index is 12.4. The number of para-hydroxylation sites is 2. The van der Waals surface area contributed by atoms with Crippen LogP contribution in [0.25, 0.3) is 28.7 Å². The quantitative estimate of drug-likeness (QED) is 0.186. The topological polar surface area (TPSA) is 110 Å². The molecule has 0 saturated carbocycles. The molecule has 0 unspecified atom stereocenters. The van der Waals surface area contributed by atoms with Crippen LogP contribution in [0.4, 0.5) is 0 Å². The van der Waals surface area contributed by atoms with Gasteiger partial charge in [-0.1, -0.05) is 18.2 Å². The van der Waals surface area contributed by atoms with Gasteiger partial charge in [-0.3, -0.25) is 0 Å². The molecule has 4 aromatic rings. The Morgan fingerprint density at radius 3 is 2.93 bits per heavy atom. The lowest BCUT2D eigenvalue weighted by Crippen LogP contribution is -2.11. The van der Waals surface area contributed by atoms with Gasteiger partial charge in [-0.25, -0.2) is 14.9 Å². The maximum atomic E-state index is 12.4. The maximum Gasteiger partial charge on any atom is 0.355 e. The second-order valence-corrected chi connectivity index (χ2v) is 6.00. The van der Waals surface area contributed by atoms with Crippen molar-refractivity contribution in [1.29, 1.82) is 5.26 Å². The zero-order chi connectivity index (χ0) is 19.5. The van der Waals surface area contributed by atoms with Crippen LogP contribution < -0.4 is 4.74 Å². The van der Waals surface area contributed by atoms with Gasteiger partial charge in [0, 0.05) is 11.8 Å². The highest BCUT2D eigenvalue weighted by Crippen LogP contribution is 2.23. The van der Waals surface area contributed by atoms with Crippen molar-refractivity contribution in [2.75, 3.05) is 0 Å². The van der Waals surface area contributed by atoms with E-state index >= 15 is 0 Å². The van der Waals surface area contributed by atoms with E-state index in [4.69, 9.17) is 21.4 Å². The number of hydrogen-bond acceptors (Lipinski definition) is 7. The molecule has 0 aliphatic carbocycles. The number of rotatable bonds is 4. The first-order valence-electron chi connectivity index (χ1n) is 8.05. The van der Waals surface area contributed by atoms with E-state index < -0.39 is 5.97 Å². The zero-order valence-electron chi connectivity index (χ0n) is 14.2. The van der Waals surface area contributed by atoms with E-state index in [1.54, 1.807) is 28.8 Å². The number of H-pyrrole nitrogens is 1. The van der Waals surface area contributed by atoms with Crippen molar-refractivity contribution >= 4 is 35.4 Å². The molecule has 0 fully saturated rings. The summed E-state index contributed by atoms with van der Waals surface area (Å²) in [5.41, 5.74) is 1.91. The Morgan fingerprint density at radius 1 is 1.29 bits per heavy atom. The van der Waals surface area contributed by atoms with Gasteiger partial charge in [0.2, 0.25) is 5.89 Å². The molecule has 1 N–H and O–H groups in total. The molecule has 136 valence electrons. The molecule has 9 heteroatoms. The van der Waals surface area contributed by atoms with Gasteiger partial charge in [-0.2, -0.15) is 5.26 Å². The molecule has 0 radical (unpaired) electrons. The number of ether oxygens (including phenoxy) is 1. The highest BCUT2D eigenvalue weighted by molar-refractivity contribution is 7.71. The zero-order valence-corrected chi connectivity index (χ0v) is 15.0. The van der Waals surface area contributed by atoms with Crippen LogP contribution >= 0.6 is 12.2 Å². The number of imidazole rings is 1. The van der Waals surface area contributed by atoms with Crippen molar-refractivity contribution in [1.82, 2.24) is 19.7 Å². The number of hydrogen-bond donors (Lipinski definition) is 1. The van der Waals surface area contributed by atoms with Crippen LogP contribution in [-0.2, 0) is 4.79 Å². The van der Waals surface area contributed by atoms with Crippen LogP contribution in [-0.4, -0.2) is 25.7 Å². The minimum absolute atomic E-state index is 0.139. The predicted octanol–water partition coefficient (Wildman–Crippen LogP) is 3.72. The first kappa shape index (κ1) is 17.4. The van der Waals surface area contributed by atoms with Crippen molar-refractivity contribution in [3.63, 3.8) is 0 Å². The lowest BCUT2D eigenvalue weighted by atomic mass is 10.2. The molecule has 0 bridgehead atoms. The van der Waals surface area contributed by atoms with Gasteiger partial charge in [0.25, 0.3) is 4.84 Å². The second-order valence-electron chi connectivity index (χ2n) is 5.63. The number of nitriles is 1. The van der Waals surface area contributed by atoms with Gasteiger partial charge in [0.1, 0.15) is 11.8 Å². The molecular weight excluding hydrogens is 378 g/mol. The summed E-state index contributed by atoms with van der Waals surface area (Å²) in [4.78, 5) is 16.8. The third kappa shape index (κ3) is 3.44. The fourth-order valence-corrected chi connectivity index (χ4v) is 2.68. The van der Waals surface area contributed by atoms with E-state index in [1.807, 2.05) is 30.3 Å². The molecule has 4 rings (SSSR count). The van der Waals surface area contributed by atoms with Crippen LogP contribution in [0.2, 0.25) is 0 Å². The van der Waals surface area contributed by atoms with Crippen molar-refractivity contribution in [3.8, 4) is 23.3 Å². The number of fused-ring (bicyclic) bond motifs is 1. The molecule has 0 saturated heterocycles. The Labute approximate surface area is 163 Å². The highest BCUT2D eigenvalue weighted by atomic mass is 32.1. The summed E-state index contributed by atoms with van der Waals surface area (Å²) < 4.78 is 12.2. The number of benzene rings is 2. The second kappa shape index (κ2) is 7.30. The largest absolute Gasteiger partial charge is 0.422 e. The number of carbonyl (C=O) groups excluding carboxylic acids is 1. The summed E-state index contributed by atoms with van der Waals surface area (Å²) in [7, 11) is 0. The minimum atomic E-state index is -0.791. The van der Waals surface area contributed by atoms with Gasteiger partial charge in [-0.15, -0.1) is 5.10 Å². The Kier molecular flexibility index (Phi) is 4.53. The predicted molar refractivity (Wildman–Crippen MR) is 102 cm³/mol. The monoisotopic (exact) mass is 389 g/mol. The van der Waals surface area contributed by atoms with E-state index in [0.29, 0.717) is 5.56 Å². The van der Waals surface area contributed by atoms with Gasteiger partial charge >= 0.3 is 5.97 Å². The van der Waals surface area contributed by atoms with Crippen LogP contribution in [0.5, 0.6) is 5.75 Å². The van der Waals surface area contributed by atoms with Crippen LogP contribution in [0.1, 0.15) is 0 Å². The Balaban J connectivity index is 1.60. The SMILES string of the molecule is N#C/C(=C\n1cnc2ccccc21)C(=O)Oc1cccc(-c2n[nH]c(=S)o2)c1. The molecular formula is C19H11N5O3S. The molecule has 28 heavy (non-hydrogen) atoms. The van der Waals surface area contributed by atoms with E-state index in [0.717, 1.165) is 11.0 Å². The molecule has 2 aromatic carbocycles. The highest BCUT2D eigenvalue weighted by Gasteiger charge is 2.14. The lowest BCUT2D eigenvalue weighted by Gasteiger charge is -2.05. The number of carbonyl (C=O) groups is 1. The summed E-state index contributed by atoms with van der Waals surface area (Å²) in [6.45, 7) is 0. The molecule has 0 atom stereocenters. The van der Waals surface area contributed by atoms with Gasteiger partial charge < -0.3 is 13.7 Å². The molecule has 0 spiro atoms. The van der Waals surface area contributed by atoms with Crippen molar-refractivity contribution in [2.45, 2.75) is 0 Å². The van der Waals surface area contributed by atoms with Crippen LogP contribution in [0.15, 0.2) is 64.8 Å². The third-order valence-corrected chi connectivity index (χ3v) is 3.99. The van der Waals surface area contributed by atoms with Crippen molar-refractivity contribution in [2.24, 2.45) is 0 Å². The summed E-state index contributed by atoms with van der Waals surface area (Å²) >= 11 is 4.85. The molecule has 8 nitrogen and oxygen atoms in total. The standard InChI is InChI=1S/C19H11N5O3S/c20-9-13(10-24-11-21-15-6-1-2-7-16(15)24)18(25)26-14-5-3-4-12(8-14)17-22-23-19(28)27-17/h1-8,10-11H,(H,23,28)/b13-10+. The fourth-order valence-electron chi connectivity index (χ4n) is 2.56. The van der Waals surface area contributed by atoms with Crippen LogP contribution in [0, 0.1) is 16.2 Å². The molecule has 2 aromatic heterocycles. The van der Waals surface area contributed by atoms with Gasteiger partial charge in [0.05, 0.1) is 17.4 Å². The average molecular weight is 389 g/mol. The van der Waals surface area contributed by atoms with Crippen LogP contribution in [0.3, 0.4) is 0 Å². The summed E-state index contributed by atoms with van der Waals surface area (Å²) in [6.07, 6.45) is 2.91. The molecule has 0 amide bonds. The van der Waals surface area contributed by atoms with Gasteiger partial charge in [0.15, 0.2) is 5.57 Å². The summed E-state index contributed by atoms with van der Waals surface area (Å²) in [5, 5.41) is 15.8. The number of nitrogens with one attached hydrogen (secondary N) is 1. The van der Waals surface area contributed by atoms with E-state index in [-0.39, 0.29) is 22.1 Å². The minimum Gasteiger partial charge on any atom is -0.422 e. The Bertz CT molecular complexity index is 1310. The average Bonchev–Trinajstić information content (AvgIpc) is 3.32. The van der Waals surface area contributed by atoms with Gasteiger partial charge in [-0.05, 0) is 42.5 Å².